The average molecular weight is 216 g/mol. The summed E-state index contributed by atoms with van der Waals surface area (Å²) < 4.78 is 0. The molecule has 1 aliphatic heterocycles. The van der Waals surface area contributed by atoms with Crippen LogP contribution in [0.5, 0.6) is 0 Å². The lowest BCUT2D eigenvalue weighted by Gasteiger charge is -2.31. The minimum Gasteiger partial charge on any atom is -0.359 e. The summed E-state index contributed by atoms with van der Waals surface area (Å²) in [5.41, 5.74) is 1.79. The molecule has 0 bridgehead atoms. The molecule has 16 heavy (non-hydrogen) atoms. The number of hydrogen-bond donors (Lipinski definition) is 2. The predicted molar refractivity (Wildman–Crippen MR) is 65.0 cm³/mol. The molecule has 1 amide bonds. The summed E-state index contributed by atoms with van der Waals surface area (Å²) in [6.07, 6.45) is 2.44. The number of carbonyl (C=O) groups is 1. The summed E-state index contributed by atoms with van der Waals surface area (Å²) in [4.78, 5) is 11.5. The van der Waals surface area contributed by atoms with Crippen LogP contribution < -0.4 is 10.6 Å². The SMILES string of the molecule is CC1(C)CC(Nc2ccccc2)=CC(=O)N1. The van der Waals surface area contributed by atoms with Gasteiger partial charge in [0.25, 0.3) is 0 Å². The highest BCUT2D eigenvalue weighted by molar-refractivity contribution is 5.90. The molecule has 0 unspecified atom stereocenters. The Kier molecular flexibility index (Phi) is 2.69. The van der Waals surface area contributed by atoms with Crippen molar-refractivity contribution in [1.29, 1.82) is 0 Å². The van der Waals surface area contributed by atoms with Gasteiger partial charge in [0, 0.05) is 29.4 Å². The number of amides is 1. The van der Waals surface area contributed by atoms with Gasteiger partial charge in [0.05, 0.1) is 0 Å². The minimum absolute atomic E-state index is 0.0327. The molecular formula is C13H16N2O. The van der Waals surface area contributed by atoms with Gasteiger partial charge < -0.3 is 10.6 Å². The van der Waals surface area contributed by atoms with Crippen molar-refractivity contribution in [2.45, 2.75) is 25.8 Å². The van der Waals surface area contributed by atoms with E-state index in [2.05, 4.69) is 10.6 Å². The summed E-state index contributed by atoms with van der Waals surface area (Å²) >= 11 is 0. The maximum Gasteiger partial charge on any atom is 0.246 e. The number of nitrogens with one attached hydrogen (secondary N) is 2. The zero-order chi connectivity index (χ0) is 11.6. The number of rotatable bonds is 2. The van der Waals surface area contributed by atoms with E-state index >= 15 is 0 Å². The van der Waals surface area contributed by atoms with Gasteiger partial charge in [-0.15, -0.1) is 0 Å². The first kappa shape index (κ1) is 10.7. The molecule has 0 atom stereocenters. The van der Waals surface area contributed by atoms with Crippen LogP contribution >= 0.6 is 0 Å². The second-order valence-electron chi connectivity index (χ2n) is 4.71. The van der Waals surface area contributed by atoms with Crippen molar-refractivity contribution in [3.8, 4) is 0 Å². The first-order chi connectivity index (χ1) is 7.55. The maximum atomic E-state index is 11.5. The third kappa shape index (κ3) is 2.63. The van der Waals surface area contributed by atoms with E-state index in [0.29, 0.717) is 0 Å². The average Bonchev–Trinajstić information content (AvgIpc) is 2.15. The van der Waals surface area contributed by atoms with E-state index in [1.807, 2.05) is 44.2 Å². The Morgan fingerprint density at radius 3 is 2.56 bits per heavy atom. The second kappa shape index (κ2) is 4.00. The van der Waals surface area contributed by atoms with Crippen LogP contribution in [0.3, 0.4) is 0 Å². The van der Waals surface area contributed by atoms with Gasteiger partial charge in [-0.25, -0.2) is 0 Å². The molecule has 3 heteroatoms. The highest BCUT2D eigenvalue weighted by atomic mass is 16.1. The quantitative estimate of drug-likeness (QED) is 0.796. The Hall–Kier alpha value is -1.77. The van der Waals surface area contributed by atoms with Crippen molar-refractivity contribution in [2.75, 3.05) is 5.32 Å². The number of para-hydroxylation sites is 1. The molecule has 0 fully saturated rings. The standard InChI is InChI=1S/C13H16N2O/c1-13(2)9-11(8-12(16)15-13)14-10-6-4-3-5-7-10/h3-8,14H,9H2,1-2H3,(H,15,16). The van der Waals surface area contributed by atoms with Crippen LogP contribution in [-0.4, -0.2) is 11.4 Å². The molecular weight excluding hydrogens is 200 g/mol. The molecule has 0 aliphatic carbocycles. The van der Waals surface area contributed by atoms with E-state index < -0.39 is 0 Å². The van der Waals surface area contributed by atoms with Crippen LogP contribution in [0.2, 0.25) is 0 Å². The van der Waals surface area contributed by atoms with E-state index in [0.717, 1.165) is 17.8 Å². The van der Waals surface area contributed by atoms with E-state index in [1.165, 1.54) is 0 Å². The summed E-state index contributed by atoms with van der Waals surface area (Å²) in [5, 5.41) is 6.18. The normalized spacial score (nSPS) is 18.6. The third-order valence-electron chi connectivity index (χ3n) is 2.48. The smallest absolute Gasteiger partial charge is 0.246 e. The zero-order valence-electron chi connectivity index (χ0n) is 9.58. The summed E-state index contributed by atoms with van der Waals surface area (Å²) in [6.45, 7) is 4.04. The van der Waals surface area contributed by atoms with E-state index in [4.69, 9.17) is 0 Å². The Balaban J connectivity index is 2.14. The number of carbonyl (C=O) groups excluding carboxylic acids is 1. The van der Waals surface area contributed by atoms with E-state index in [9.17, 15) is 4.79 Å². The van der Waals surface area contributed by atoms with E-state index in [-0.39, 0.29) is 11.4 Å². The lowest BCUT2D eigenvalue weighted by molar-refractivity contribution is -0.118. The molecule has 0 spiro atoms. The molecule has 1 heterocycles. The highest BCUT2D eigenvalue weighted by Gasteiger charge is 2.26. The molecule has 2 N–H and O–H groups in total. The summed E-state index contributed by atoms with van der Waals surface area (Å²) in [7, 11) is 0. The van der Waals surface area contributed by atoms with Gasteiger partial charge in [0.1, 0.15) is 0 Å². The van der Waals surface area contributed by atoms with Gasteiger partial charge in [0.15, 0.2) is 0 Å². The van der Waals surface area contributed by atoms with E-state index in [1.54, 1.807) is 6.08 Å². The fourth-order valence-corrected chi connectivity index (χ4v) is 1.89. The Bertz CT molecular complexity index is 421. The van der Waals surface area contributed by atoms with Gasteiger partial charge in [-0.1, -0.05) is 18.2 Å². The largest absolute Gasteiger partial charge is 0.359 e. The molecule has 1 aromatic rings. The van der Waals surface area contributed by atoms with Gasteiger partial charge in [-0.2, -0.15) is 0 Å². The summed E-state index contributed by atoms with van der Waals surface area (Å²) in [5.74, 6) is -0.0327. The Labute approximate surface area is 95.6 Å². The summed E-state index contributed by atoms with van der Waals surface area (Å²) in [6, 6.07) is 9.88. The van der Waals surface area contributed by atoms with Crippen LogP contribution in [0.1, 0.15) is 20.3 Å². The highest BCUT2D eigenvalue weighted by Crippen LogP contribution is 2.21. The number of hydrogen-bond acceptors (Lipinski definition) is 2. The fourth-order valence-electron chi connectivity index (χ4n) is 1.89. The molecule has 0 saturated carbocycles. The van der Waals surface area contributed by atoms with Gasteiger partial charge >= 0.3 is 0 Å². The molecule has 0 radical (unpaired) electrons. The molecule has 0 saturated heterocycles. The Morgan fingerprint density at radius 2 is 1.94 bits per heavy atom. The third-order valence-corrected chi connectivity index (χ3v) is 2.48. The van der Waals surface area contributed by atoms with Gasteiger partial charge in [-0.05, 0) is 26.0 Å². The second-order valence-corrected chi connectivity index (χ2v) is 4.71. The van der Waals surface area contributed by atoms with Crippen molar-refractivity contribution >= 4 is 11.6 Å². The fraction of sp³-hybridized carbons (Fsp3) is 0.308. The van der Waals surface area contributed by atoms with Gasteiger partial charge in [0.2, 0.25) is 5.91 Å². The van der Waals surface area contributed by atoms with Crippen molar-refractivity contribution in [3.63, 3.8) is 0 Å². The van der Waals surface area contributed by atoms with Crippen LogP contribution in [0.25, 0.3) is 0 Å². The van der Waals surface area contributed by atoms with Crippen LogP contribution in [-0.2, 0) is 4.79 Å². The molecule has 1 aromatic carbocycles. The molecule has 2 rings (SSSR count). The first-order valence-corrected chi connectivity index (χ1v) is 5.40. The minimum atomic E-state index is -0.178. The lowest BCUT2D eigenvalue weighted by atomic mass is 9.94. The molecule has 3 nitrogen and oxygen atoms in total. The monoisotopic (exact) mass is 216 g/mol. The molecule has 0 aromatic heterocycles. The predicted octanol–water partition coefficient (Wildman–Crippen LogP) is 2.28. The van der Waals surface area contributed by atoms with Crippen LogP contribution in [0.4, 0.5) is 5.69 Å². The molecule has 84 valence electrons. The van der Waals surface area contributed by atoms with Gasteiger partial charge in [-0.3, -0.25) is 4.79 Å². The zero-order valence-corrected chi connectivity index (χ0v) is 9.58. The Morgan fingerprint density at radius 1 is 1.25 bits per heavy atom. The topological polar surface area (TPSA) is 41.1 Å². The number of benzene rings is 1. The maximum absolute atomic E-state index is 11.5. The van der Waals surface area contributed by atoms with Crippen molar-refractivity contribution < 1.29 is 4.79 Å². The van der Waals surface area contributed by atoms with Crippen molar-refractivity contribution in [1.82, 2.24) is 5.32 Å². The van der Waals surface area contributed by atoms with Crippen LogP contribution in [0.15, 0.2) is 42.1 Å². The van der Waals surface area contributed by atoms with Crippen molar-refractivity contribution in [2.24, 2.45) is 0 Å². The molecule has 1 aliphatic rings. The number of anilines is 1. The lowest BCUT2D eigenvalue weighted by Crippen LogP contribution is -2.46. The van der Waals surface area contributed by atoms with Crippen molar-refractivity contribution in [3.05, 3.63) is 42.1 Å². The first-order valence-electron chi connectivity index (χ1n) is 5.40. The van der Waals surface area contributed by atoms with Crippen LogP contribution in [0, 0.1) is 0 Å².